The molecule has 1 aromatic rings. The summed E-state index contributed by atoms with van der Waals surface area (Å²) in [6.45, 7) is 10.4. The molecule has 2 N–H and O–H groups in total. The number of likely N-dealkylation sites (N-methyl/N-ethyl adjacent to an activating group) is 1. The average Bonchev–Trinajstić information content (AvgIpc) is 2.68. The fourth-order valence-electron chi connectivity index (χ4n) is 3.45. The molecule has 0 saturated heterocycles. The van der Waals surface area contributed by atoms with Crippen LogP contribution in [0.15, 0.2) is 29.3 Å². The van der Waals surface area contributed by atoms with Gasteiger partial charge in [-0.3, -0.25) is 9.69 Å². The van der Waals surface area contributed by atoms with Gasteiger partial charge in [-0.1, -0.05) is 39.0 Å². The van der Waals surface area contributed by atoms with Crippen LogP contribution in [0.3, 0.4) is 0 Å². The lowest BCUT2D eigenvalue weighted by Gasteiger charge is -2.41. The van der Waals surface area contributed by atoms with Crippen LogP contribution in [-0.4, -0.2) is 29.4 Å². The molecular weight excluding hydrogens is 314 g/mol. The molecule has 134 valence electrons. The largest absolute Gasteiger partial charge is 0.487 e. The highest BCUT2D eigenvalue weighted by Gasteiger charge is 2.55. The van der Waals surface area contributed by atoms with E-state index in [0.717, 1.165) is 11.1 Å². The third-order valence-corrected chi connectivity index (χ3v) is 4.60. The zero-order chi connectivity index (χ0) is 18.6. The molecule has 2 aliphatic heterocycles. The van der Waals surface area contributed by atoms with E-state index in [1.165, 1.54) is 4.90 Å². The Kier molecular flexibility index (Phi) is 3.75. The van der Waals surface area contributed by atoms with Gasteiger partial charge in [0.25, 0.3) is 5.91 Å². The summed E-state index contributed by atoms with van der Waals surface area (Å²) < 4.78 is 6.12. The van der Waals surface area contributed by atoms with E-state index >= 15 is 0 Å². The van der Waals surface area contributed by atoms with Crippen LogP contribution in [0.1, 0.15) is 52.2 Å². The predicted molar refractivity (Wildman–Crippen MR) is 100 cm³/mol. The van der Waals surface area contributed by atoms with E-state index in [-0.39, 0.29) is 17.3 Å². The molecule has 1 unspecified atom stereocenters. The highest BCUT2D eigenvalue weighted by molar-refractivity contribution is 6.07. The van der Waals surface area contributed by atoms with E-state index in [9.17, 15) is 4.79 Å². The molecule has 5 heteroatoms. The maximum Gasteiger partial charge on any atom is 0.261 e. The van der Waals surface area contributed by atoms with Crippen molar-refractivity contribution in [2.24, 2.45) is 16.1 Å². The smallest absolute Gasteiger partial charge is 0.261 e. The second-order valence-electron chi connectivity index (χ2n) is 8.69. The first-order valence-electron chi connectivity index (χ1n) is 8.60. The molecule has 0 aromatic heterocycles. The molecule has 0 radical (unpaired) electrons. The van der Waals surface area contributed by atoms with Crippen LogP contribution < -0.4 is 10.5 Å². The second-order valence-corrected chi connectivity index (χ2v) is 8.69. The first kappa shape index (κ1) is 17.5. The van der Waals surface area contributed by atoms with Gasteiger partial charge in [0.2, 0.25) is 0 Å². The van der Waals surface area contributed by atoms with Crippen LogP contribution >= 0.6 is 0 Å². The molecule has 0 bridgehead atoms. The van der Waals surface area contributed by atoms with Crippen molar-refractivity contribution >= 4 is 17.9 Å². The van der Waals surface area contributed by atoms with E-state index < -0.39 is 11.1 Å². The molecule has 0 fully saturated rings. The number of guanidine groups is 1. The topological polar surface area (TPSA) is 67.9 Å². The molecular formula is C20H27N3O2. The number of ether oxygens (including phenoxy) is 1. The summed E-state index contributed by atoms with van der Waals surface area (Å²) in [4.78, 5) is 19.1. The maximum atomic E-state index is 13.0. The van der Waals surface area contributed by atoms with Crippen molar-refractivity contribution in [3.05, 3.63) is 35.4 Å². The molecule has 3 rings (SSSR count). The molecule has 1 atom stereocenters. The number of hydrogen-bond donors (Lipinski definition) is 1. The number of nitrogens with two attached hydrogens (primary N) is 1. The van der Waals surface area contributed by atoms with E-state index in [0.29, 0.717) is 12.2 Å². The quantitative estimate of drug-likeness (QED) is 0.852. The Labute approximate surface area is 149 Å². The molecule has 5 nitrogen and oxygen atoms in total. The minimum absolute atomic E-state index is 0.0814. The van der Waals surface area contributed by atoms with Gasteiger partial charge in [-0.2, -0.15) is 0 Å². The number of carbonyl (C=O) groups excluding carboxylic acids is 1. The molecule has 2 heterocycles. The van der Waals surface area contributed by atoms with Crippen molar-refractivity contribution in [1.82, 2.24) is 4.90 Å². The van der Waals surface area contributed by atoms with Gasteiger partial charge in [0.1, 0.15) is 11.4 Å². The molecule has 1 amide bonds. The van der Waals surface area contributed by atoms with E-state index in [2.05, 4.69) is 37.9 Å². The zero-order valence-electron chi connectivity index (χ0n) is 15.9. The first-order chi connectivity index (χ1) is 11.4. The van der Waals surface area contributed by atoms with Crippen molar-refractivity contribution < 1.29 is 9.53 Å². The Morgan fingerprint density at radius 3 is 2.56 bits per heavy atom. The summed E-state index contributed by atoms with van der Waals surface area (Å²) in [5.41, 5.74) is 6.37. The van der Waals surface area contributed by atoms with Gasteiger partial charge >= 0.3 is 0 Å². The van der Waals surface area contributed by atoms with Crippen LogP contribution in [0, 0.1) is 5.41 Å². The maximum absolute atomic E-state index is 13.0. The Morgan fingerprint density at radius 2 is 2.00 bits per heavy atom. The van der Waals surface area contributed by atoms with E-state index in [1.54, 1.807) is 7.05 Å². The van der Waals surface area contributed by atoms with E-state index in [4.69, 9.17) is 10.5 Å². The Morgan fingerprint density at radius 1 is 1.32 bits per heavy atom. The lowest BCUT2D eigenvalue weighted by Crippen LogP contribution is -2.49. The molecule has 1 spiro atoms. The van der Waals surface area contributed by atoms with Crippen molar-refractivity contribution in [3.63, 3.8) is 0 Å². The van der Waals surface area contributed by atoms with Crippen molar-refractivity contribution in [2.45, 2.75) is 52.2 Å². The number of benzene rings is 1. The van der Waals surface area contributed by atoms with Crippen LogP contribution in [0.4, 0.5) is 0 Å². The number of amides is 1. The summed E-state index contributed by atoms with van der Waals surface area (Å²) in [6.07, 6.45) is 4.68. The number of rotatable bonds is 1. The number of nitrogens with zero attached hydrogens (tertiary/aromatic N) is 2. The van der Waals surface area contributed by atoms with Crippen LogP contribution in [-0.2, 0) is 10.3 Å². The Hall–Kier alpha value is -2.30. The zero-order valence-corrected chi connectivity index (χ0v) is 15.9. The standard InChI is InChI=1S/C20H27N3O2/c1-18(2,3)10-9-13-7-8-15-14(11-13)20(12-19(4,5)25-15)16(24)23(6)17(21)22-20/h7-11H,12H2,1-6H3,(H2,21,22). The third kappa shape index (κ3) is 3.03. The lowest BCUT2D eigenvalue weighted by molar-refractivity contribution is -0.133. The van der Waals surface area contributed by atoms with Crippen LogP contribution in [0.5, 0.6) is 5.75 Å². The average molecular weight is 341 g/mol. The first-order valence-corrected chi connectivity index (χ1v) is 8.60. The van der Waals surface area contributed by atoms with Gasteiger partial charge in [0.05, 0.1) is 0 Å². The van der Waals surface area contributed by atoms with Gasteiger partial charge in [0, 0.05) is 19.0 Å². The highest BCUT2D eigenvalue weighted by atomic mass is 16.5. The highest BCUT2D eigenvalue weighted by Crippen LogP contribution is 2.49. The second kappa shape index (κ2) is 5.35. The number of aliphatic imine (C=N–C) groups is 1. The molecule has 1 aromatic carbocycles. The van der Waals surface area contributed by atoms with Gasteiger partial charge in [-0.05, 0) is 37.0 Å². The summed E-state index contributed by atoms with van der Waals surface area (Å²) in [5, 5.41) is 0. The predicted octanol–water partition coefficient (Wildman–Crippen LogP) is 3.29. The minimum atomic E-state index is -0.999. The summed E-state index contributed by atoms with van der Waals surface area (Å²) >= 11 is 0. The normalized spacial score (nSPS) is 25.3. The Bertz CT molecular complexity index is 787. The van der Waals surface area contributed by atoms with Crippen LogP contribution in [0.25, 0.3) is 6.08 Å². The lowest BCUT2D eigenvalue weighted by atomic mass is 9.77. The monoisotopic (exact) mass is 341 g/mol. The van der Waals surface area contributed by atoms with Gasteiger partial charge in [0.15, 0.2) is 11.5 Å². The number of hydrogen-bond acceptors (Lipinski definition) is 4. The van der Waals surface area contributed by atoms with Crippen molar-refractivity contribution in [2.75, 3.05) is 7.05 Å². The molecule has 0 aliphatic carbocycles. The number of carbonyl (C=O) groups is 1. The fourth-order valence-corrected chi connectivity index (χ4v) is 3.45. The fraction of sp³-hybridized carbons (Fsp3) is 0.500. The van der Waals surface area contributed by atoms with Crippen molar-refractivity contribution in [3.8, 4) is 5.75 Å². The van der Waals surface area contributed by atoms with Gasteiger partial charge in [-0.15, -0.1) is 0 Å². The molecule has 2 aliphatic rings. The number of fused-ring (bicyclic) bond motifs is 2. The summed E-state index contributed by atoms with van der Waals surface area (Å²) in [7, 11) is 1.67. The van der Waals surface area contributed by atoms with E-state index in [1.807, 2.05) is 32.0 Å². The van der Waals surface area contributed by atoms with Crippen LogP contribution in [0.2, 0.25) is 0 Å². The molecule has 25 heavy (non-hydrogen) atoms. The Balaban J connectivity index is 2.15. The minimum Gasteiger partial charge on any atom is -0.487 e. The van der Waals surface area contributed by atoms with Crippen molar-refractivity contribution in [1.29, 1.82) is 0 Å². The number of allylic oxidation sites excluding steroid dienone is 1. The van der Waals surface area contributed by atoms with Gasteiger partial charge in [-0.25, -0.2) is 4.99 Å². The third-order valence-electron chi connectivity index (χ3n) is 4.60. The SMILES string of the molecule is CN1C(=O)C2(CC(C)(C)Oc3ccc(C=CC(C)(C)C)cc32)N=C1N. The van der Waals surface area contributed by atoms with Gasteiger partial charge < -0.3 is 10.5 Å². The summed E-state index contributed by atoms with van der Waals surface area (Å²) in [5.74, 6) is 0.855. The molecule has 0 saturated carbocycles. The summed E-state index contributed by atoms with van der Waals surface area (Å²) in [6, 6.07) is 5.94.